The van der Waals surface area contributed by atoms with Gasteiger partial charge in [-0.25, -0.2) is 27.4 Å². The average Bonchev–Trinajstić information content (AvgIpc) is 3.42. The van der Waals surface area contributed by atoms with E-state index in [-0.39, 0.29) is 16.9 Å². The fraction of sp³-hybridized carbons (Fsp3) is 0.344. The molecule has 1 saturated heterocycles. The smallest absolute Gasteiger partial charge is 0.324 e. The van der Waals surface area contributed by atoms with Crippen LogP contribution in [0.2, 0.25) is 0 Å². The van der Waals surface area contributed by atoms with Crippen molar-refractivity contribution in [2.45, 2.75) is 56.9 Å². The number of benzene rings is 3. The summed E-state index contributed by atoms with van der Waals surface area (Å²) in [6.45, 7) is 7.21. The minimum atomic E-state index is -4.23. The van der Waals surface area contributed by atoms with Gasteiger partial charge in [-0.15, -0.1) is 0 Å². The van der Waals surface area contributed by atoms with Crippen LogP contribution in [0.25, 0.3) is 16.5 Å². The van der Waals surface area contributed by atoms with E-state index in [0.29, 0.717) is 41.5 Å². The van der Waals surface area contributed by atoms with Crippen LogP contribution in [-0.4, -0.2) is 55.3 Å². The first-order chi connectivity index (χ1) is 21.0. The molecule has 0 unspecified atom stereocenters. The van der Waals surface area contributed by atoms with Crippen LogP contribution < -0.4 is 20.7 Å². The number of nitrogens with zero attached hydrogens (tertiary/aromatic N) is 3. The van der Waals surface area contributed by atoms with Crippen LogP contribution in [0.4, 0.5) is 21.1 Å². The molecular weight excluding hydrogens is 578 g/mol. The zero-order valence-electron chi connectivity index (χ0n) is 25.5. The van der Waals surface area contributed by atoms with E-state index >= 15 is 0 Å². The Bertz CT molecular complexity index is 1780. The monoisotopic (exact) mass is 617 g/mol. The number of aromatic nitrogens is 2. The van der Waals surface area contributed by atoms with Crippen molar-refractivity contribution in [1.82, 2.24) is 24.7 Å². The third-order valence-corrected chi connectivity index (χ3v) is 9.01. The van der Waals surface area contributed by atoms with Gasteiger partial charge in [0.25, 0.3) is 10.0 Å². The number of piperidine rings is 1. The molecular formula is C32H39N7O4S. The Morgan fingerprint density at radius 2 is 1.61 bits per heavy atom. The number of carbonyl (C=O) groups excluding carboxylic acids is 2. The molecule has 0 saturated carbocycles. The van der Waals surface area contributed by atoms with Crippen LogP contribution in [-0.2, 0) is 22.0 Å². The molecule has 44 heavy (non-hydrogen) atoms. The number of anilines is 2. The Morgan fingerprint density at radius 3 is 2.34 bits per heavy atom. The summed E-state index contributed by atoms with van der Waals surface area (Å²) in [6, 6.07) is 18.9. The van der Waals surface area contributed by atoms with E-state index in [4.69, 9.17) is 5.10 Å². The zero-order valence-corrected chi connectivity index (χ0v) is 26.3. The Hall–Kier alpha value is -4.42. The number of sulfonamides is 1. The molecule has 3 aromatic carbocycles. The maximum Gasteiger partial charge on any atom is 0.331 e. The lowest BCUT2D eigenvalue weighted by molar-refractivity contribution is 0.192. The van der Waals surface area contributed by atoms with Crippen molar-refractivity contribution >= 4 is 44.4 Å². The summed E-state index contributed by atoms with van der Waals surface area (Å²) in [6.07, 6.45) is 2.70. The van der Waals surface area contributed by atoms with Crippen LogP contribution in [0.3, 0.4) is 0 Å². The lowest BCUT2D eigenvalue weighted by atomic mass is 9.92. The quantitative estimate of drug-likeness (QED) is 0.214. The first-order valence-electron chi connectivity index (χ1n) is 14.7. The Labute approximate surface area is 258 Å². The molecule has 1 fully saturated rings. The highest BCUT2D eigenvalue weighted by molar-refractivity contribution is 7.90. The second-order valence-corrected chi connectivity index (χ2v) is 13.6. The minimum absolute atomic E-state index is 0.0475. The van der Waals surface area contributed by atoms with Crippen LogP contribution in [0, 0.1) is 0 Å². The lowest BCUT2D eigenvalue weighted by Crippen LogP contribution is -2.45. The van der Waals surface area contributed by atoms with Gasteiger partial charge in [-0.1, -0.05) is 63.2 Å². The number of carbonyl (C=O) groups is 2. The first-order valence-corrected chi connectivity index (χ1v) is 16.2. The predicted molar refractivity (Wildman–Crippen MR) is 173 cm³/mol. The van der Waals surface area contributed by atoms with Crippen molar-refractivity contribution in [3.8, 4) is 5.69 Å². The maximum atomic E-state index is 13.6. The van der Waals surface area contributed by atoms with Gasteiger partial charge in [0.15, 0.2) is 0 Å². The van der Waals surface area contributed by atoms with Crippen LogP contribution in [0.5, 0.6) is 0 Å². The van der Waals surface area contributed by atoms with Crippen molar-refractivity contribution in [3.05, 3.63) is 78.0 Å². The average molecular weight is 618 g/mol. The van der Waals surface area contributed by atoms with Gasteiger partial charge in [-0.05, 0) is 49.9 Å². The number of nitrogens with one attached hydrogen (secondary N) is 4. The van der Waals surface area contributed by atoms with Crippen molar-refractivity contribution in [2.75, 3.05) is 30.8 Å². The highest BCUT2D eigenvalue weighted by Gasteiger charge is 2.28. The van der Waals surface area contributed by atoms with Gasteiger partial charge >= 0.3 is 12.1 Å². The molecule has 5 rings (SSSR count). The Balaban J connectivity index is 1.51. The molecule has 4 N–H and O–H groups in total. The van der Waals surface area contributed by atoms with Gasteiger partial charge in [-0.3, -0.25) is 5.32 Å². The molecule has 11 nitrogen and oxygen atoms in total. The molecule has 0 aliphatic carbocycles. The van der Waals surface area contributed by atoms with Gasteiger partial charge in [0.05, 0.1) is 22.0 Å². The van der Waals surface area contributed by atoms with Crippen molar-refractivity contribution in [1.29, 1.82) is 0 Å². The summed E-state index contributed by atoms with van der Waals surface area (Å²) in [5.74, 6) is 0.358. The molecule has 1 aromatic heterocycles. The van der Waals surface area contributed by atoms with E-state index in [0.717, 1.165) is 30.0 Å². The molecule has 2 heterocycles. The molecule has 4 aromatic rings. The van der Waals surface area contributed by atoms with Gasteiger partial charge in [0.2, 0.25) is 0 Å². The molecule has 0 radical (unpaired) electrons. The highest BCUT2D eigenvalue weighted by Crippen LogP contribution is 2.31. The SMILES string of the molecule is CNCc1c(-n2nc(C(C)(C)C)cc2NC(=O)Nc2cccc3ccccc23)cccc1S(=O)(=O)NC(=O)N1CCCCC1. The van der Waals surface area contributed by atoms with E-state index in [9.17, 15) is 18.0 Å². The maximum absolute atomic E-state index is 13.6. The molecule has 0 bridgehead atoms. The summed E-state index contributed by atoms with van der Waals surface area (Å²) in [5.41, 5.74) is 1.82. The number of likely N-dealkylation sites (tertiary alicyclic amines) is 1. The van der Waals surface area contributed by atoms with Gasteiger partial charge < -0.3 is 15.5 Å². The lowest BCUT2D eigenvalue weighted by Gasteiger charge is -2.27. The standard InChI is InChI=1S/C32H39N7O4S/c1-32(2,3)28-20-29(35-30(40)34-25-15-10-13-22-12-6-7-14-23(22)25)39(36-28)26-16-11-17-27(24(26)21-33-4)44(42,43)37-31(41)38-18-8-5-9-19-38/h6-7,10-17,20,33H,5,8-9,18-19,21H2,1-4H3,(H,37,41)(H2,34,35,40). The normalized spacial score (nSPS) is 14.0. The summed E-state index contributed by atoms with van der Waals surface area (Å²) in [5, 5.41) is 15.6. The topological polar surface area (TPSA) is 137 Å². The van der Waals surface area contributed by atoms with Gasteiger partial charge in [-0.2, -0.15) is 5.10 Å². The molecule has 0 atom stereocenters. The van der Waals surface area contributed by atoms with Crippen LogP contribution in [0.1, 0.15) is 51.3 Å². The number of amides is 4. The molecule has 4 amide bonds. The first kappa shape index (κ1) is 31.0. The van der Waals surface area contributed by atoms with E-state index in [1.165, 1.54) is 11.0 Å². The molecule has 232 valence electrons. The van der Waals surface area contributed by atoms with E-state index in [1.54, 1.807) is 29.9 Å². The third-order valence-electron chi connectivity index (χ3n) is 7.60. The highest BCUT2D eigenvalue weighted by atomic mass is 32.2. The summed E-state index contributed by atoms with van der Waals surface area (Å²) in [7, 11) is -2.52. The Kier molecular flexibility index (Phi) is 8.93. The summed E-state index contributed by atoms with van der Waals surface area (Å²) >= 11 is 0. The summed E-state index contributed by atoms with van der Waals surface area (Å²) in [4.78, 5) is 27.7. The van der Waals surface area contributed by atoms with Crippen LogP contribution >= 0.6 is 0 Å². The zero-order chi connectivity index (χ0) is 31.5. The molecule has 1 aliphatic rings. The largest absolute Gasteiger partial charge is 0.331 e. The fourth-order valence-electron chi connectivity index (χ4n) is 5.31. The van der Waals surface area contributed by atoms with E-state index in [2.05, 4.69) is 20.7 Å². The van der Waals surface area contributed by atoms with E-state index in [1.807, 2.05) is 63.2 Å². The third kappa shape index (κ3) is 6.71. The van der Waals surface area contributed by atoms with E-state index < -0.39 is 22.1 Å². The van der Waals surface area contributed by atoms with Gasteiger partial charge in [0, 0.05) is 42.1 Å². The minimum Gasteiger partial charge on any atom is -0.324 e. The fourth-order valence-corrected chi connectivity index (χ4v) is 6.54. The second kappa shape index (κ2) is 12.7. The summed E-state index contributed by atoms with van der Waals surface area (Å²) < 4.78 is 31.0. The van der Waals surface area contributed by atoms with Crippen molar-refractivity contribution in [3.63, 3.8) is 0 Å². The number of fused-ring (bicyclic) bond motifs is 1. The number of urea groups is 2. The van der Waals surface area contributed by atoms with Crippen molar-refractivity contribution < 1.29 is 18.0 Å². The number of hydrogen-bond donors (Lipinski definition) is 4. The predicted octanol–water partition coefficient (Wildman–Crippen LogP) is 5.57. The van der Waals surface area contributed by atoms with Gasteiger partial charge in [0.1, 0.15) is 5.82 Å². The number of rotatable bonds is 7. The molecule has 1 aliphatic heterocycles. The van der Waals surface area contributed by atoms with Crippen molar-refractivity contribution in [2.24, 2.45) is 0 Å². The molecule has 0 spiro atoms. The molecule has 12 heteroatoms. The van der Waals surface area contributed by atoms with Crippen LogP contribution in [0.15, 0.2) is 71.6 Å². The Morgan fingerprint density at radius 1 is 0.909 bits per heavy atom. The second-order valence-electron chi connectivity index (χ2n) is 11.9. The number of hydrogen-bond acceptors (Lipinski definition) is 6.